The molecule has 0 aromatic carbocycles. The van der Waals surface area contributed by atoms with Crippen molar-refractivity contribution in [2.24, 2.45) is 21.7 Å². The molecule has 0 amide bonds. The average molecular weight is 453 g/mol. The number of nitrogens with zero attached hydrogens (tertiary/aromatic N) is 2. The second-order valence-corrected chi connectivity index (χ2v) is 14.6. The molecular weight excluding hydrogens is 400 g/mol. The fourth-order valence-electron chi connectivity index (χ4n) is 5.73. The number of pyridine rings is 2. The highest BCUT2D eigenvalue weighted by Crippen LogP contribution is 2.47. The highest BCUT2D eigenvalue weighted by Gasteiger charge is 2.36. The molecule has 1 atom stereocenters. The molecule has 0 spiro atoms. The minimum absolute atomic E-state index is 0.236. The van der Waals surface area contributed by atoms with Gasteiger partial charge >= 0.3 is 0 Å². The molecule has 0 N–H and O–H groups in total. The molecule has 1 unspecified atom stereocenters. The van der Waals surface area contributed by atoms with E-state index in [1.54, 1.807) is 0 Å². The largest absolute Gasteiger partial charge is 0.206 e. The van der Waals surface area contributed by atoms with Gasteiger partial charge in [0.15, 0.2) is 24.8 Å². The van der Waals surface area contributed by atoms with E-state index in [-0.39, 0.29) is 16.2 Å². The van der Waals surface area contributed by atoms with Crippen LogP contribution in [0.2, 0.25) is 0 Å². The number of aromatic nitrogens is 2. The predicted molar refractivity (Wildman–Crippen MR) is 141 cm³/mol. The maximum Gasteiger partial charge on any atom is 0.206 e. The topological polar surface area (TPSA) is 7.76 Å². The van der Waals surface area contributed by atoms with Crippen molar-refractivity contribution in [1.29, 1.82) is 0 Å². The maximum atomic E-state index is 2.37. The van der Waals surface area contributed by atoms with Gasteiger partial charge in [0.05, 0.1) is 0 Å². The van der Waals surface area contributed by atoms with Crippen LogP contribution in [-0.4, -0.2) is 0 Å². The Hall–Kier alpha value is -1.70. The van der Waals surface area contributed by atoms with Crippen molar-refractivity contribution in [2.75, 3.05) is 0 Å². The van der Waals surface area contributed by atoms with Crippen LogP contribution in [0.5, 0.6) is 0 Å². The van der Waals surface area contributed by atoms with E-state index in [0.717, 1.165) is 13.1 Å². The summed E-state index contributed by atoms with van der Waals surface area (Å²) in [5.41, 5.74) is 3.96. The monoisotopic (exact) mass is 452 g/mol. The van der Waals surface area contributed by atoms with Gasteiger partial charge in [-0.05, 0) is 51.0 Å². The standard InChI is InChI=1S/C31H52N2/c1-28(2,3)23-26(29(4,5)6)24-13-17-32(18-14-24)21-22-33-19-15-25(16-20-33)27(30(7,8)9)31(10,11)12/h13-20,26-27H,21-23H2,1-12H3/q+2. The summed E-state index contributed by atoms with van der Waals surface area (Å²) in [4.78, 5) is 0. The van der Waals surface area contributed by atoms with Gasteiger partial charge in [0, 0.05) is 24.3 Å². The molecule has 2 aromatic rings. The van der Waals surface area contributed by atoms with Crippen LogP contribution in [0, 0.1) is 21.7 Å². The van der Waals surface area contributed by atoms with Gasteiger partial charge in [0.1, 0.15) is 0 Å². The van der Waals surface area contributed by atoms with Crippen LogP contribution in [0.4, 0.5) is 0 Å². The van der Waals surface area contributed by atoms with Crippen molar-refractivity contribution in [3.8, 4) is 0 Å². The third-order valence-electron chi connectivity index (χ3n) is 6.78. The van der Waals surface area contributed by atoms with Crippen LogP contribution in [0.25, 0.3) is 0 Å². The summed E-state index contributed by atoms with van der Waals surface area (Å²) in [6.45, 7) is 30.3. The fourth-order valence-corrected chi connectivity index (χ4v) is 5.73. The van der Waals surface area contributed by atoms with Gasteiger partial charge in [-0.2, -0.15) is 9.13 Å². The van der Waals surface area contributed by atoms with Gasteiger partial charge < -0.3 is 0 Å². The van der Waals surface area contributed by atoms with Gasteiger partial charge in [0.2, 0.25) is 13.1 Å². The van der Waals surface area contributed by atoms with Crippen LogP contribution in [-0.2, 0) is 13.1 Å². The third kappa shape index (κ3) is 8.23. The van der Waals surface area contributed by atoms with Gasteiger partial charge in [-0.15, -0.1) is 0 Å². The number of hydrogen-bond acceptors (Lipinski definition) is 0. The molecule has 0 aliphatic carbocycles. The molecule has 0 saturated heterocycles. The predicted octanol–water partition coefficient (Wildman–Crippen LogP) is 7.70. The third-order valence-corrected chi connectivity index (χ3v) is 6.78. The maximum absolute atomic E-state index is 2.37. The molecule has 33 heavy (non-hydrogen) atoms. The first-order chi connectivity index (χ1) is 14.9. The minimum atomic E-state index is 0.236. The summed E-state index contributed by atoms with van der Waals surface area (Å²) in [6, 6.07) is 9.34. The SMILES string of the molecule is CC(C)(C)CC(c1cc[n+](CC[n+]2ccc(C(C(C)(C)C)C(C)(C)C)cc2)cc1)C(C)(C)C. The first-order valence-corrected chi connectivity index (χ1v) is 12.9. The highest BCUT2D eigenvalue weighted by atomic mass is 15.0. The summed E-state index contributed by atoms with van der Waals surface area (Å²) in [5, 5.41) is 0. The van der Waals surface area contributed by atoms with Gasteiger partial charge in [-0.25, -0.2) is 0 Å². The van der Waals surface area contributed by atoms with Crippen LogP contribution in [0.15, 0.2) is 49.1 Å². The first kappa shape index (κ1) is 27.5. The molecule has 2 heteroatoms. The van der Waals surface area contributed by atoms with Gasteiger partial charge in [-0.3, -0.25) is 0 Å². The van der Waals surface area contributed by atoms with Crippen molar-refractivity contribution in [3.63, 3.8) is 0 Å². The molecule has 2 aromatic heterocycles. The summed E-state index contributed by atoms with van der Waals surface area (Å²) in [6.07, 6.45) is 10.2. The zero-order chi connectivity index (χ0) is 25.2. The van der Waals surface area contributed by atoms with Gasteiger partial charge in [-0.1, -0.05) is 83.1 Å². The Labute approximate surface area is 205 Å². The lowest BCUT2D eigenvalue weighted by Crippen LogP contribution is -2.44. The Morgan fingerprint density at radius 2 is 0.909 bits per heavy atom. The lowest BCUT2D eigenvalue weighted by atomic mass is 9.64. The van der Waals surface area contributed by atoms with E-state index in [9.17, 15) is 0 Å². The molecule has 184 valence electrons. The fraction of sp³-hybridized carbons (Fsp3) is 0.677. The molecule has 2 rings (SSSR count). The first-order valence-electron chi connectivity index (χ1n) is 12.9. The second-order valence-electron chi connectivity index (χ2n) is 14.6. The van der Waals surface area contributed by atoms with E-state index in [4.69, 9.17) is 0 Å². The van der Waals surface area contributed by atoms with Crippen molar-refractivity contribution < 1.29 is 9.13 Å². The molecule has 2 nitrogen and oxygen atoms in total. The Balaban J connectivity index is 2.10. The van der Waals surface area contributed by atoms with Crippen LogP contribution >= 0.6 is 0 Å². The number of rotatable bonds is 6. The quantitative estimate of drug-likeness (QED) is 0.397. The molecule has 0 fully saturated rings. The Bertz CT molecular complexity index is 849. The van der Waals surface area contributed by atoms with Crippen molar-refractivity contribution >= 4 is 0 Å². The van der Waals surface area contributed by atoms with E-state index < -0.39 is 0 Å². The number of hydrogen-bond donors (Lipinski definition) is 0. The van der Waals surface area contributed by atoms with Gasteiger partial charge in [0.25, 0.3) is 0 Å². The van der Waals surface area contributed by atoms with Crippen LogP contribution in [0.3, 0.4) is 0 Å². The van der Waals surface area contributed by atoms with E-state index in [0.29, 0.717) is 17.3 Å². The van der Waals surface area contributed by atoms with E-state index in [2.05, 4.69) is 141 Å². The zero-order valence-electron chi connectivity index (χ0n) is 23.8. The Morgan fingerprint density at radius 3 is 1.21 bits per heavy atom. The molecule has 0 aliphatic rings. The van der Waals surface area contributed by atoms with Crippen molar-refractivity contribution in [2.45, 2.75) is 114 Å². The second kappa shape index (κ2) is 9.88. The van der Waals surface area contributed by atoms with E-state index in [1.807, 2.05) is 0 Å². The zero-order valence-corrected chi connectivity index (χ0v) is 23.8. The van der Waals surface area contributed by atoms with Crippen molar-refractivity contribution in [1.82, 2.24) is 0 Å². The lowest BCUT2D eigenvalue weighted by Gasteiger charge is -2.41. The molecule has 0 saturated carbocycles. The van der Waals surface area contributed by atoms with Crippen molar-refractivity contribution in [3.05, 3.63) is 60.2 Å². The molecular formula is C31H52N2+2. The summed E-state index contributed by atoms with van der Waals surface area (Å²) < 4.78 is 4.62. The summed E-state index contributed by atoms with van der Waals surface area (Å²) >= 11 is 0. The Kier molecular flexibility index (Phi) is 8.25. The van der Waals surface area contributed by atoms with Crippen LogP contribution in [0.1, 0.15) is 112 Å². The van der Waals surface area contributed by atoms with E-state index >= 15 is 0 Å². The highest BCUT2D eigenvalue weighted by molar-refractivity contribution is 5.20. The Morgan fingerprint density at radius 1 is 0.545 bits per heavy atom. The summed E-state index contributed by atoms with van der Waals surface area (Å²) in [7, 11) is 0. The normalized spacial score (nSPS) is 14.6. The van der Waals surface area contributed by atoms with Crippen LogP contribution < -0.4 is 9.13 Å². The average Bonchev–Trinajstić information content (AvgIpc) is 2.62. The molecule has 0 radical (unpaired) electrons. The minimum Gasteiger partial charge on any atom is -0.198 e. The smallest absolute Gasteiger partial charge is 0.198 e. The number of aryl methyl sites for hydroxylation is 2. The molecule has 0 aliphatic heterocycles. The molecule has 2 heterocycles. The lowest BCUT2D eigenvalue weighted by molar-refractivity contribution is -0.778. The summed E-state index contributed by atoms with van der Waals surface area (Å²) in [5.74, 6) is 1.08. The van der Waals surface area contributed by atoms with E-state index in [1.165, 1.54) is 17.5 Å². The molecule has 0 bridgehead atoms.